The van der Waals surface area contributed by atoms with Crippen LogP contribution in [0.15, 0.2) is 54.7 Å². The second kappa shape index (κ2) is 7.11. The standard InChI is InChI=1S/C19H18F3N3/c20-19(21,22)16-3-1-2-13(11-16)6-8-24-12-14-4-5-17-15(10-14)7-9-25-18(17)23/h1-5,7,9-11,24H,6,8,12H2,(H2,23,25). The molecule has 0 aliphatic heterocycles. The van der Waals surface area contributed by atoms with Crippen LogP contribution in [-0.4, -0.2) is 11.5 Å². The maximum absolute atomic E-state index is 12.7. The van der Waals surface area contributed by atoms with Gasteiger partial charge < -0.3 is 11.1 Å². The van der Waals surface area contributed by atoms with Gasteiger partial charge in [-0.1, -0.05) is 30.3 Å². The summed E-state index contributed by atoms with van der Waals surface area (Å²) in [6, 6.07) is 13.3. The van der Waals surface area contributed by atoms with Gasteiger partial charge in [0.05, 0.1) is 5.56 Å². The Balaban J connectivity index is 1.57. The molecule has 0 saturated heterocycles. The number of aromatic nitrogens is 1. The van der Waals surface area contributed by atoms with E-state index in [-0.39, 0.29) is 0 Å². The molecule has 0 atom stereocenters. The highest BCUT2D eigenvalue weighted by Gasteiger charge is 2.30. The van der Waals surface area contributed by atoms with Crippen LogP contribution in [0.1, 0.15) is 16.7 Å². The Morgan fingerprint density at radius 2 is 1.84 bits per heavy atom. The van der Waals surface area contributed by atoms with Crippen molar-refractivity contribution >= 4 is 16.6 Å². The van der Waals surface area contributed by atoms with Crippen molar-refractivity contribution in [2.24, 2.45) is 0 Å². The van der Waals surface area contributed by atoms with E-state index in [4.69, 9.17) is 5.73 Å². The first kappa shape index (κ1) is 17.2. The molecule has 3 aromatic rings. The Kier molecular flexibility index (Phi) is 4.90. The summed E-state index contributed by atoms with van der Waals surface area (Å²) in [6.45, 7) is 1.23. The van der Waals surface area contributed by atoms with Crippen LogP contribution < -0.4 is 11.1 Å². The van der Waals surface area contributed by atoms with Crippen molar-refractivity contribution in [1.82, 2.24) is 10.3 Å². The van der Waals surface area contributed by atoms with E-state index < -0.39 is 11.7 Å². The van der Waals surface area contributed by atoms with Crippen LogP contribution in [0, 0.1) is 0 Å². The molecular formula is C19H18F3N3. The number of nitrogens with two attached hydrogens (primary N) is 1. The van der Waals surface area contributed by atoms with Crippen LogP contribution >= 0.6 is 0 Å². The van der Waals surface area contributed by atoms with Crippen molar-refractivity contribution in [2.75, 3.05) is 12.3 Å². The van der Waals surface area contributed by atoms with E-state index in [9.17, 15) is 13.2 Å². The fourth-order valence-corrected chi connectivity index (χ4v) is 2.73. The molecule has 130 valence electrons. The van der Waals surface area contributed by atoms with Crippen LogP contribution in [0.2, 0.25) is 0 Å². The van der Waals surface area contributed by atoms with Crippen molar-refractivity contribution in [3.05, 3.63) is 71.4 Å². The number of pyridine rings is 1. The molecule has 0 spiro atoms. The summed E-state index contributed by atoms with van der Waals surface area (Å²) >= 11 is 0. The molecule has 1 aromatic heterocycles. The first-order valence-corrected chi connectivity index (χ1v) is 7.93. The molecule has 0 aliphatic rings. The number of fused-ring (bicyclic) bond motifs is 1. The first-order valence-electron chi connectivity index (χ1n) is 7.93. The van der Waals surface area contributed by atoms with Crippen LogP contribution in [0.3, 0.4) is 0 Å². The number of nitrogens with one attached hydrogen (secondary N) is 1. The molecular weight excluding hydrogens is 327 g/mol. The van der Waals surface area contributed by atoms with Gasteiger partial charge in [0.15, 0.2) is 0 Å². The third-order valence-corrected chi connectivity index (χ3v) is 4.03. The van der Waals surface area contributed by atoms with E-state index >= 15 is 0 Å². The molecule has 1 heterocycles. The number of benzene rings is 2. The van der Waals surface area contributed by atoms with Gasteiger partial charge in [-0.3, -0.25) is 0 Å². The number of alkyl halides is 3. The highest BCUT2D eigenvalue weighted by molar-refractivity contribution is 5.91. The predicted molar refractivity (Wildman–Crippen MR) is 93.0 cm³/mol. The van der Waals surface area contributed by atoms with Crippen LogP contribution in [0.25, 0.3) is 10.8 Å². The van der Waals surface area contributed by atoms with Crippen LogP contribution in [-0.2, 0) is 19.1 Å². The van der Waals surface area contributed by atoms with Gasteiger partial charge in [0.2, 0.25) is 0 Å². The van der Waals surface area contributed by atoms with E-state index in [0.29, 0.717) is 30.9 Å². The van der Waals surface area contributed by atoms with Gasteiger partial charge in [-0.15, -0.1) is 0 Å². The number of hydrogen-bond donors (Lipinski definition) is 2. The molecule has 0 saturated carbocycles. The molecule has 0 aliphatic carbocycles. The van der Waals surface area contributed by atoms with Gasteiger partial charge in [0, 0.05) is 18.1 Å². The molecule has 6 heteroatoms. The lowest BCUT2D eigenvalue weighted by Crippen LogP contribution is -2.17. The van der Waals surface area contributed by atoms with Crippen molar-refractivity contribution in [3.63, 3.8) is 0 Å². The Bertz CT molecular complexity index is 875. The molecule has 3 N–H and O–H groups in total. The molecule has 0 unspecified atom stereocenters. The van der Waals surface area contributed by atoms with Crippen molar-refractivity contribution in [3.8, 4) is 0 Å². The second-order valence-electron chi connectivity index (χ2n) is 5.88. The zero-order valence-corrected chi connectivity index (χ0v) is 13.5. The number of nitrogen functional groups attached to an aromatic ring is 1. The van der Waals surface area contributed by atoms with E-state index in [0.717, 1.165) is 22.4 Å². The lowest BCUT2D eigenvalue weighted by molar-refractivity contribution is -0.137. The molecule has 0 radical (unpaired) electrons. The molecule has 25 heavy (non-hydrogen) atoms. The summed E-state index contributed by atoms with van der Waals surface area (Å²) < 4.78 is 38.1. The summed E-state index contributed by atoms with van der Waals surface area (Å²) in [4.78, 5) is 4.05. The van der Waals surface area contributed by atoms with Crippen molar-refractivity contribution in [1.29, 1.82) is 0 Å². The SMILES string of the molecule is Nc1nccc2cc(CNCCc3cccc(C(F)(F)F)c3)ccc12. The van der Waals surface area contributed by atoms with Gasteiger partial charge in [-0.25, -0.2) is 4.98 Å². The van der Waals surface area contributed by atoms with Crippen LogP contribution in [0.5, 0.6) is 0 Å². The lowest BCUT2D eigenvalue weighted by atomic mass is 10.1. The number of halogens is 3. The number of rotatable bonds is 5. The number of hydrogen-bond acceptors (Lipinski definition) is 3. The minimum absolute atomic E-state index is 0.501. The minimum atomic E-state index is -4.30. The van der Waals surface area contributed by atoms with E-state index in [1.54, 1.807) is 12.3 Å². The summed E-state index contributed by atoms with van der Waals surface area (Å²) in [5.41, 5.74) is 6.97. The van der Waals surface area contributed by atoms with Crippen molar-refractivity contribution < 1.29 is 13.2 Å². The number of nitrogens with zero attached hydrogens (tertiary/aromatic N) is 1. The highest BCUT2D eigenvalue weighted by Crippen LogP contribution is 2.29. The normalized spacial score (nSPS) is 11.8. The van der Waals surface area contributed by atoms with Gasteiger partial charge in [-0.05, 0) is 47.7 Å². The fraction of sp³-hybridized carbons (Fsp3) is 0.211. The largest absolute Gasteiger partial charge is 0.416 e. The van der Waals surface area contributed by atoms with Gasteiger partial charge >= 0.3 is 6.18 Å². The summed E-state index contributed by atoms with van der Waals surface area (Å²) in [5, 5.41) is 5.19. The minimum Gasteiger partial charge on any atom is -0.383 e. The zero-order chi connectivity index (χ0) is 17.9. The van der Waals surface area contributed by atoms with Gasteiger partial charge in [-0.2, -0.15) is 13.2 Å². The Hall–Kier alpha value is -2.60. The molecule has 0 bridgehead atoms. The van der Waals surface area contributed by atoms with E-state index in [1.807, 2.05) is 24.3 Å². The summed E-state index contributed by atoms with van der Waals surface area (Å²) in [6.07, 6.45) is -2.10. The third kappa shape index (κ3) is 4.28. The molecule has 0 amide bonds. The Morgan fingerprint density at radius 1 is 1.00 bits per heavy atom. The number of anilines is 1. The smallest absolute Gasteiger partial charge is 0.383 e. The molecule has 0 fully saturated rings. The van der Waals surface area contributed by atoms with E-state index in [1.165, 1.54) is 12.1 Å². The predicted octanol–water partition coefficient (Wildman–Crippen LogP) is 4.17. The van der Waals surface area contributed by atoms with Crippen molar-refractivity contribution in [2.45, 2.75) is 19.1 Å². The third-order valence-electron chi connectivity index (χ3n) is 4.03. The first-order chi connectivity index (χ1) is 11.9. The molecule has 3 rings (SSSR count). The monoisotopic (exact) mass is 345 g/mol. The Labute approximate surface area is 143 Å². The quantitative estimate of drug-likeness (QED) is 0.683. The zero-order valence-electron chi connectivity index (χ0n) is 13.5. The fourth-order valence-electron chi connectivity index (χ4n) is 2.73. The highest BCUT2D eigenvalue weighted by atomic mass is 19.4. The average molecular weight is 345 g/mol. The van der Waals surface area contributed by atoms with E-state index in [2.05, 4.69) is 10.3 Å². The molecule has 3 nitrogen and oxygen atoms in total. The topological polar surface area (TPSA) is 50.9 Å². The maximum atomic E-state index is 12.7. The lowest BCUT2D eigenvalue weighted by Gasteiger charge is -2.10. The summed E-state index contributed by atoms with van der Waals surface area (Å²) in [5.74, 6) is 0.501. The van der Waals surface area contributed by atoms with Gasteiger partial charge in [0.1, 0.15) is 5.82 Å². The molecule has 2 aromatic carbocycles. The average Bonchev–Trinajstić information content (AvgIpc) is 2.58. The Morgan fingerprint density at radius 3 is 2.64 bits per heavy atom. The summed E-state index contributed by atoms with van der Waals surface area (Å²) in [7, 11) is 0. The second-order valence-corrected chi connectivity index (χ2v) is 5.88. The van der Waals surface area contributed by atoms with Gasteiger partial charge in [0.25, 0.3) is 0 Å². The van der Waals surface area contributed by atoms with Crippen LogP contribution in [0.4, 0.5) is 19.0 Å². The maximum Gasteiger partial charge on any atom is 0.416 e.